The minimum absolute atomic E-state index is 0.0491. The summed E-state index contributed by atoms with van der Waals surface area (Å²) in [7, 11) is 0. The average Bonchev–Trinajstić information content (AvgIpc) is 2.78. The molecule has 4 nitrogen and oxygen atoms in total. The Morgan fingerprint density at radius 1 is 1.41 bits per heavy atom. The van der Waals surface area contributed by atoms with Crippen LogP contribution < -0.4 is 5.32 Å². The third kappa shape index (κ3) is 4.49. The van der Waals surface area contributed by atoms with Crippen molar-refractivity contribution in [2.24, 2.45) is 5.41 Å². The maximum absolute atomic E-state index is 12.2. The van der Waals surface area contributed by atoms with E-state index in [-0.39, 0.29) is 30.4 Å². The Balaban J connectivity index is 2.04. The van der Waals surface area contributed by atoms with Crippen molar-refractivity contribution in [3.63, 3.8) is 0 Å². The van der Waals surface area contributed by atoms with E-state index in [1.165, 1.54) is 0 Å². The molecule has 0 radical (unpaired) electrons. The van der Waals surface area contributed by atoms with Gasteiger partial charge in [-0.15, -0.1) is 0 Å². The van der Waals surface area contributed by atoms with Crippen LogP contribution in [-0.2, 0) is 11.2 Å². The molecular formula is C17H23ClN2O2. The highest BCUT2D eigenvalue weighted by atomic mass is 35.5. The van der Waals surface area contributed by atoms with Gasteiger partial charge < -0.3 is 15.4 Å². The summed E-state index contributed by atoms with van der Waals surface area (Å²) in [5.41, 5.74) is 1.90. The molecule has 3 N–H and O–H groups in total. The van der Waals surface area contributed by atoms with Crippen molar-refractivity contribution in [3.8, 4) is 0 Å². The predicted octanol–water partition coefficient (Wildman–Crippen LogP) is 3.28. The van der Waals surface area contributed by atoms with E-state index in [0.717, 1.165) is 22.9 Å². The fourth-order valence-electron chi connectivity index (χ4n) is 2.66. The molecule has 0 aliphatic carbocycles. The van der Waals surface area contributed by atoms with E-state index in [2.05, 4.69) is 31.1 Å². The topological polar surface area (TPSA) is 65.1 Å². The molecule has 0 aliphatic rings. The second kappa shape index (κ2) is 6.71. The molecule has 0 spiro atoms. The second-order valence-electron chi connectivity index (χ2n) is 6.89. The number of nitrogens with one attached hydrogen (secondary N) is 2. The molecule has 0 fully saturated rings. The number of carbonyl (C=O) groups is 1. The molecule has 2 aromatic rings. The molecule has 0 saturated heterocycles. The van der Waals surface area contributed by atoms with Crippen LogP contribution in [-0.4, -0.2) is 28.6 Å². The highest BCUT2D eigenvalue weighted by Gasteiger charge is 2.20. The van der Waals surface area contributed by atoms with Crippen molar-refractivity contribution in [3.05, 3.63) is 35.0 Å². The number of hydrogen-bond donors (Lipinski definition) is 3. The van der Waals surface area contributed by atoms with Gasteiger partial charge in [0.1, 0.15) is 0 Å². The van der Waals surface area contributed by atoms with Crippen molar-refractivity contribution in [1.82, 2.24) is 10.3 Å². The fourth-order valence-corrected chi connectivity index (χ4v) is 2.83. The van der Waals surface area contributed by atoms with Gasteiger partial charge in [0.25, 0.3) is 0 Å². The maximum atomic E-state index is 12.2. The Labute approximate surface area is 135 Å². The van der Waals surface area contributed by atoms with Crippen LogP contribution in [0.3, 0.4) is 0 Å². The van der Waals surface area contributed by atoms with Crippen LogP contribution in [0.5, 0.6) is 0 Å². The van der Waals surface area contributed by atoms with Crippen LogP contribution in [0.15, 0.2) is 24.4 Å². The summed E-state index contributed by atoms with van der Waals surface area (Å²) in [4.78, 5) is 15.3. The number of rotatable bonds is 5. The van der Waals surface area contributed by atoms with Gasteiger partial charge >= 0.3 is 0 Å². The number of aliphatic hydroxyl groups is 1. The molecule has 120 valence electrons. The largest absolute Gasteiger partial charge is 0.394 e. The molecule has 1 atom stereocenters. The summed E-state index contributed by atoms with van der Waals surface area (Å²) in [5.74, 6) is -0.0841. The molecule has 22 heavy (non-hydrogen) atoms. The predicted molar refractivity (Wildman–Crippen MR) is 90.1 cm³/mol. The lowest BCUT2D eigenvalue weighted by atomic mass is 9.88. The Morgan fingerprint density at radius 3 is 2.77 bits per heavy atom. The summed E-state index contributed by atoms with van der Waals surface area (Å²) >= 11 is 5.96. The van der Waals surface area contributed by atoms with E-state index >= 15 is 0 Å². The van der Waals surface area contributed by atoms with Gasteiger partial charge in [0.15, 0.2) is 0 Å². The molecule has 5 heteroatoms. The average molecular weight is 323 g/mol. The first-order valence-corrected chi connectivity index (χ1v) is 7.82. The molecule has 0 saturated carbocycles. The van der Waals surface area contributed by atoms with Crippen LogP contribution in [0, 0.1) is 5.41 Å². The van der Waals surface area contributed by atoms with Gasteiger partial charge in [-0.3, -0.25) is 4.79 Å². The van der Waals surface area contributed by atoms with Crippen LogP contribution >= 0.6 is 11.6 Å². The Kier molecular flexibility index (Phi) is 5.14. The molecule has 1 amide bonds. The summed E-state index contributed by atoms with van der Waals surface area (Å²) in [6.07, 6.45) is 2.85. The number of amides is 1. The number of halogens is 1. The van der Waals surface area contributed by atoms with Crippen molar-refractivity contribution < 1.29 is 9.90 Å². The van der Waals surface area contributed by atoms with Gasteiger partial charge in [-0.25, -0.2) is 0 Å². The molecular weight excluding hydrogens is 300 g/mol. The van der Waals surface area contributed by atoms with Crippen molar-refractivity contribution in [1.29, 1.82) is 0 Å². The number of benzene rings is 1. The van der Waals surface area contributed by atoms with Gasteiger partial charge in [-0.05, 0) is 29.5 Å². The molecule has 0 aliphatic heterocycles. The molecule has 2 rings (SSSR count). The number of aliphatic hydroxyl groups excluding tert-OH is 1. The van der Waals surface area contributed by atoms with E-state index in [4.69, 9.17) is 11.6 Å². The molecule has 1 aromatic carbocycles. The monoisotopic (exact) mass is 322 g/mol. The minimum atomic E-state index is -0.216. The van der Waals surface area contributed by atoms with E-state index in [9.17, 15) is 9.90 Å². The SMILES string of the molecule is CC(C)(C)CC(CO)NC(=O)Cc1c[nH]c2cc(Cl)ccc12. The Bertz CT molecular complexity index is 658. The Hall–Kier alpha value is -1.52. The first-order valence-electron chi connectivity index (χ1n) is 7.44. The van der Waals surface area contributed by atoms with E-state index in [0.29, 0.717) is 5.02 Å². The standard InChI is InChI=1S/C17H23ClN2O2/c1-17(2,3)8-13(10-21)20-16(22)6-11-9-19-15-7-12(18)4-5-14(11)15/h4-5,7,9,13,19,21H,6,8,10H2,1-3H3,(H,20,22). The molecule has 1 heterocycles. The third-order valence-electron chi connectivity index (χ3n) is 3.52. The number of carbonyl (C=O) groups excluding carboxylic acids is 1. The van der Waals surface area contributed by atoms with Crippen molar-refractivity contribution >= 4 is 28.4 Å². The van der Waals surface area contributed by atoms with E-state index in [1.807, 2.05) is 24.4 Å². The van der Waals surface area contributed by atoms with Crippen LogP contribution in [0.1, 0.15) is 32.8 Å². The summed E-state index contributed by atoms with van der Waals surface area (Å²) in [6.45, 7) is 6.22. The van der Waals surface area contributed by atoms with Crippen LogP contribution in [0.4, 0.5) is 0 Å². The number of H-pyrrole nitrogens is 1. The molecule has 0 bridgehead atoms. The lowest BCUT2D eigenvalue weighted by molar-refractivity contribution is -0.121. The zero-order chi connectivity index (χ0) is 16.3. The van der Waals surface area contributed by atoms with Gasteiger partial charge in [0, 0.05) is 22.1 Å². The third-order valence-corrected chi connectivity index (χ3v) is 3.76. The van der Waals surface area contributed by atoms with E-state index in [1.54, 1.807) is 0 Å². The van der Waals surface area contributed by atoms with E-state index < -0.39 is 0 Å². The summed E-state index contributed by atoms with van der Waals surface area (Å²) < 4.78 is 0. The lowest BCUT2D eigenvalue weighted by Crippen LogP contribution is -2.40. The summed E-state index contributed by atoms with van der Waals surface area (Å²) in [6, 6.07) is 5.35. The highest BCUT2D eigenvalue weighted by Crippen LogP contribution is 2.23. The van der Waals surface area contributed by atoms with Crippen LogP contribution in [0.2, 0.25) is 5.02 Å². The minimum Gasteiger partial charge on any atom is -0.394 e. The fraction of sp³-hybridized carbons (Fsp3) is 0.471. The van der Waals surface area contributed by atoms with Crippen molar-refractivity contribution in [2.45, 2.75) is 39.7 Å². The summed E-state index contributed by atoms with van der Waals surface area (Å²) in [5, 5.41) is 14.0. The van der Waals surface area contributed by atoms with Gasteiger partial charge in [-0.2, -0.15) is 0 Å². The normalized spacial score (nSPS) is 13.3. The van der Waals surface area contributed by atoms with Gasteiger partial charge in [0.05, 0.1) is 19.1 Å². The quantitative estimate of drug-likeness (QED) is 0.791. The number of aromatic nitrogens is 1. The lowest BCUT2D eigenvalue weighted by Gasteiger charge is -2.25. The number of aromatic amines is 1. The zero-order valence-corrected chi connectivity index (χ0v) is 14.0. The van der Waals surface area contributed by atoms with Gasteiger partial charge in [0.2, 0.25) is 5.91 Å². The number of hydrogen-bond acceptors (Lipinski definition) is 2. The van der Waals surface area contributed by atoms with Crippen molar-refractivity contribution in [2.75, 3.05) is 6.61 Å². The first kappa shape index (κ1) is 16.8. The maximum Gasteiger partial charge on any atom is 0.224 e. The number of fused-ring (bicyclic) bond motifs is 1. The highest BCUT2D eigenvalue weighted by molar-refractivity contribution is 6.31. The first-order chi connectivity index (χ1) is 10.3. The zero-order valence-electron chi connectivity index (χ0n) is 13.2. The smallest absolute Gasteiger partial charge is 0.224 e. The molecule has 1 unspecified atom stereocenters. The van der Waals surface area contributed by atoms with Gasteiger partial charge in [-0.1, -0.05) is 38.4 Å². The van der Waals surface area contributed by atoms with Crippen LogP contribution in [0.25, 0.3) is 10.9 Å². The Morgan fingerprint density at radius 2 is 2.14 bits per heavy atom. The second-order valence-corrected chi connectivity index (χ2v) is 7.33. The molecule has 1 aromatic heterocycles.